The molecule has 0 radical (unpaired) electrons. The SMILES string of the molecule is COc1ccc(COC(=O)C(N2C(=O)[C@H]([C@@H](C)O[Si](C)(C)C)[C@H]2[C@@H](CF)C(=O)CSc2ccncc2)=P(c2ccccc2)(c2ccccc2)c2ccccc2)cc1. The Morgan fingerprint density at radius 3 is 1.82 bits per heavy atom. The fourth-order valence-corrected chi connectivity index (χ4v) is 14.0. The second kappa shape index (κ2) is 18.6. The van der Waals surface area contributed by atoms with Crippen LogP contribution in [-0.4, -0.2) is 73.0 Å². The van der Waals surface area contributed by atoms with Crippen LogP contribution in [0, 0.1) is 11.8 Å². The molecule has 0 N–H and O–H groups in total. The Kier molecular flexibility index (Phi) is 13.7. The Balaban J connectivity index is 1.62. The van der Waals surface area contributed by atoms with Gasteiger partial charge >= 0.3 is 5.97 Å². The number of likely N-dealkylation sites (tertiary alicyclic amines) is 1. The lowest BCUT2D eigenvalue weighted by molar-refractivity contribution is -0.162. The number of ether oxygens (including phenoxy) is 2. The van der Waals surface area contributed by atoms with Crippen molar-refractivity contribution in [3.05, 3.63) is 145 Å². The van der Waals surface area contributed by atoms with Gasteiger partial charge in [0, 0.05) is 24.2 Å². The maximum atomic E-state index is 15.8. The van der Waals surface area contributed by atoms with Crippen LogP contribution in [0.4, 0.5) is 4.39 Å². The molecule has 6 rings (SSSR count). The Morgan fingerprint density at radius 2 is 1.35 bits per heavy atom. The summed E-state index contributed by atoms with van der Waals surface area (Å²) in [6.07, 6.45) is 2.61. The molecule has 2 heterocycles. The number of nitrogens with zero attached hydrogens (tertiary/aromatic N) is 2. The van der Waals surface area contributed by atoms with E-state index in [2.05, 4.69) is 4.98 Å². The van der Waals surface area contributed by atoms with Gasteiger partial charge in [0.25, 0.3) is 0 Å². The van der Waals surface area contributed by atoms with E-state index in [0.29, 0.717) is 11.3 Å². The Bertz CT molecular complexity index is 2090. The fourth-order valence-electron chi connectivity index (χ4n) is 7.48. The van der Waals surface area contributed by atoms with Crippen molar-refractivity contribution in [3.63, 3.8) is 0 Å². The summed E-state index contributed by atoms with van der Waals surface area (Å²) in [5, 5.41) is 2.37. The van der Waals surface area contributed by atoms with Crippen LogP contribution in [0.3, 0.4) is 0 Å². The number of alkyl halides is 1. The van der Waals surface area contributed by atoms with Gasteiger partial charge in [0.15, 0.2) is 14.1 Å². The standard InChI is InChI=1S/C45H48FN2O6PSSi/c1-32(54-57(3,4)5)41-42(39(29-46)40(49)31-56-38-25-27-47-28-26-38)48(43(41)50)44(45(51)53-30-33-21-23-34(52-2)24-22-33)55(35-15-9-6-10-16-35,36-17-11-7-12-18-36)37-19-13-8-14-20-37/h6-28,32,39,41-42H,29-31H2,1-5H3/t32-,39+,41-,42-/m1/s1. The molecule has 4 atom stereocenters. The molecule has 57 heavy (non-hydrogen) atoms. The van der Waals surface area contributed by atoms with Gasteiger partial charge in [-0.05, 0) is 72.3 Å². The van der Waals surface area contributed by atoms with Gasteiger partial charge in [0.1, 0.15) is 24.4 Å². The van der Waals surface area contributed by atoms with Crippen molar-refractivity contribution >= 4 is 66.0 Å². The molecule has 8 nitrogen and oxygen atoms in total. The molecule has 5 aromatic rings. The Hall–Kier alpha value is -4.80. The summed E-state index contributed by atoms with van der Waals surface area (Å²) in [6.45, 7) is 3.39. The molecule has 1 aliphatic rings. The first-order valence-corrected chi connectivity index (χ1v) is 25.0. The molecule has 4 aromatic carbocycles. The highest BCUT2D eigenvalue weighted by Gasteiger charge is 2.59. The van der Waals surface area contributed by atoms with Crippen LogP contribution in [0.15, 0.2) is 145 Å². The first-order valence-electron chi connectivity index (χ1n) is 18.9. The number of ketones is 1. The van der Waals surface area contributed by atoms with Crippen molar-refractivity contribution in [2.75, 3.05) is 19.5 Å². The number of pyridine rings is 1. The van der Waals surface area contributed by atoms with E-state index in [9.17, 15) is 4.79 Å². The minimum Gasteiger partial charge on any atom is -0.497 e. The minimum atomic E-state index is -3.34. The van der Waals surface area contributed by atoms with Crippen LogP contribution < -0.4 is 20.7 Å². The van der Waals surface area contributed by atoms with Crippen molar-refractivity contribution in [1.82, 2.24) is 9.88 Å². The summed E-state index contributed by atoms with van der Waals surface area (Å²) < 4.78 is 33.9. The monoisotopic (exact) mass is 822 g/mol. The van der Waals surface area contributed by atoms with E-state index < -0.39 is 57.7 Å². The summed E-state index contributed by atoms with van der Waals surface area (Å²) in [7, 11) is -0.662. The Morgan fingerprint density at radius 1 is 0.825 bits per heavy atom. The summed E-state index contributed by atoms with van der Waals surface area (Å²) >= 11 is 1.28. The van der Waals surface area contributed by atoms with Gasteiger partial charge in [-0.1, -0.05) is 103 Å². The highest BCUT2D eigenvalue weighted by Crippen LogP contribution is 2.51. The van der Waals surface area contributed by atoms with Crippen LogP contribution in [0.1, 0.15) is 12.5 Å². The van der Waals surface area contributed by atoms with Crippen LogP contribution in [0.25, 0.3) is 0 Å². The molecule has 1 aliphatic heterocycles. The third-order valence-electron chi connectivity index (χ3n) is 9.94. The smallest absolute Gasteiger partial charge is 0.356 e. The van der Waals surface area contributed by atoms with Gasteiger partial charge in [0.05, 0.1) is 36.8 Å². The number of carbonyl (C=O) groups excluding carboxylic acids is 3. The molecular weight excluding hydrogens is 775 g/mol. The van der Waals surface area contributed by atoms with E-state index in [1.807, 2.05) is 118 Å². The molecular formula is C45H48FN2O6PSSi. The maximum Gasteiger partial charge on any atom is 0.356 e. The number of β-lactam (4-membered cyclic amide) rings is 1. The molecule has 0 aliphatic carbocycles. The zero-order chi connectivity index (χ0) is 40.6. The number of methoxy groups -OCH3 is 1. The lowest BCUT2D eigenvalue weighted by Gasteiger charge is -2.54. The number of Topliss-reactive ketones (excluding diaryl/α,β-unsaturated/α-hetero) is 1. The van der Waals surface area contributed by atoms with Gasteiger partial charge in [-0.25, -0.2) is 4.79 Å². The lowest BCUT2D eigenvalue weighted by Crippen LogP contribution is -2.72. The average molecular weight is 823 g/mol. The number of hydrogen-bond donors (Lipinski definition) is 0. The number of thioether (sulfide) groups is 1. The van der Waals surface area contributed by atoms with Gasteiger partial charge in [-0.15, -0.1) is 11.8 Å². The average Bonchev–Trinajstić information content (AvgIpc) is 3.23. The van der Waals surface area contributed by atoms with Crippen LogP contribution in [0.2, 0.25) is 19.6 Å². The van der Waals surface area contributed by atoms with Gasteiger partial charge in [-0.3, -0.25) is 19.0 Å². The highest BCUT2D eigenvalue weighted by atomic mass is 32.2. The van der Waals surface area contributed by atoms with Gasteiger partial charge < -0.3 is 18.8 Å². The maximum absolute atomic E-state index is 15.8. The summed E-state index contributed by atoms with van der Waals surface area (Å²) in [4.78, 5) is 51.1. The van der Waals surface area contributed by atoms with E-state index >= 15 is 14.0 Å². The number of aromatic nitrogens is 1. The fraction of sp³-hybridized carbons (Fsp3) is 0.267. The first kappa shape index (κ1) is 41.8. The first-order chi connectivity index (χ1) is 27.5. The molecule has 1 fully saturated rings. The van der Waals surface area contributed by atoms with E-state index in [-0.39, 0.29) is 23.6 Å². The highest BCUT2D eigenvalue weighted by molar-refractivity contribution is 8.00. The van der Waals surface area contributed by atoms with E-state index in [0.717, 1.165) is 20.8 Å². The van der Waals surface area contributed by atoms with Crippen molar-refractivity contribution in [3.8, 4) is 5.75 Å². The largest absolute Gasteiger partial charge is 0.497 e. The Labute approximate surface area is 339 Å². The van der Waals surface area contributed by atoms with Crippen LogP contribution in [0.5, 0.6) is 5.75 Å². The number of esters is 1. The van der Waals surface area contributed by atoms with E-state index in [4.69, 9.17) is 13.9 Å². The third kappa shape index (κ3) is 9.18. The molecule has 1 saturated heterocycles. The molecule has 296 valence electrons. The van der Waals surface area contributed by atoms with E-state index in [1.165, 1.54) is 16.7 Å². The number of rotatable bonds is 17. The van der Waals surface area contributed by atoms with Crippen molar-refractivity contribution in [2.45, 2.75) is 50.2 Å². The minimum absolute atomic E-state index is 0.0410. The molecule has 1 aromatic heterocycles. The summed E-state index contributed by atoms with van der Waals surface area (Å²) in [5.41, 5.74) is 0.789. The van der Waals surface area contributed by atoms with Gasteiger partial charge in [0.2, 0.25) is 5.91 Å². The quantitative estimate of drug-likeness (QED) is 0.0318. The second-order valence-electron chi connectivity index (χ2n) is 14.8. The summed E-state index contributed by atoms with van der Waals surface area (Å²) in [5.74, 6) is -3.07. The number of halogens is 1. The number of benzene rings is 4. The summed E-state index contributed by atoms with van der Waals surface area (Å²) in [6, 6.07) is 38.6. The third-order valence-corrected chi connectivity index (χ3v) is 16.3. The molecule has 1 amide bonds. The molecule has 0 unspecified atom stereocenters. The molecule has 0 spiro atoms. The normalized spacial score (nSPS) is 16.6. The topological polar surface area (TPSA) is 95.0 Å². The molecule has 0 saturated carbocycles. The van der Waals surface area contributed by atoms with Crippen LogP contribution in [-0.2, 0) is 30.2 Å². The molecule has 12 heteroatoms. The number of carbonyl (C=O) groups is 3. The number of amides is 1. The van der Waals surface area contributed by atoms with Crippen LogP contribution >= 0.6 is 18.6 Å². The predicted molar refractivity (Wildman–Crippen MR) is 230 cm³/mol. The van der Waals surface area contributed by atoms with Crippen molar-refractivity contribution in [1.29, 1.82) is 0 Å². The number of hydrogen-bond acceptors (Lipinski definition) is 8. The van der Waals surface area contributed by atoms with E-state index in [1.54, 1.807) is 55.9 Å². The van der Waals surface area contributed by atoms with Crippen molar-refractivity contribution < 1.29 is 32.7 Å². The molecule has 0 bridgehead atoms. The zero-order valence-corrected chi connectivity index (χ0v) is 35.5. The second-order valence-corrected chi connectivity index (χ2v) is 23.6. The zero-order valence-electron chi connectivity index (χ0n) is 32.8. The van der Waals surface area contributed by atoms with Crippen molar-refractivity contribution in [2.24, 2.45) is 11.8 Å². The van der Waals surface area contributed by atoms with Gasteiger partial charge in [-0.2, -0.15) is 0 Å². The lowest BCUT2D eigenvalue weighted by atomic mass is 9.75. The predicted octanol–water partition coefficient (Wildman–Crippen LogP) is 7.27.